The predicted molar refractivity (Wildman–Crippen MR) is 62.4 cm³/mol. The first-order valence-electron chi connectivity index (χ1n) is 5.55. The van der Waals surface area contributed by atoms with Crippen molar-refractivity contribution in [3.8, 4) is 5.75 Å². The number of rotatable bonds is 2. The van der Waals surface area contributed by atoms with E-state index in [9.17, 15) is 14.7 Å². The summed E-state index contributed by atoms with van der Waals surface area (Å²) in [5.41, 5.74) is 0.634. The second-order valence-electron chi connectivity index (χ2n) is 3.78. The fourth-order valence-electron chi connectivity index (χ4n) is 1.67. The number of esters is 2. The highest BCUT2D eigenvalue weighted by Crippen LogP contribution is 2.25. The van der Waals surface area contributed by atoms with E-state index < -0.39 is 18.0 Å². The van der Waals surface area contributed by atoms with Gasteiger partial charge in [-0.2, -0.15) is 0 Å². The summed E-state index contributed by atoms with van der Waals surface area (Å²) in [5.74, 6) is -1.04. The van der Waals surface area contributed by atoms with E-state index in [2.05, 4.69) is 5.32 Å². The standard InChI is InChI=1S/C12H13NO5/c1-2-17-12(16)10-6-18-11(15)8-4-3-7(14)5-9(8)13-10/h3-5,10,13-14H,2,6H2,1H3. The number of hydrogen-bond acceptors (Lipinski definition) is 6. The van der Waals surface area contributed by atoms with E-state index in [1.54, 1.807) is 6.92 Å². The van der Waals surface area contributed by atoms with Gasteiger partial charge in [0.1, 0.15) is 12.4 Å². The summed E-state index contributed by atoms with van der Waals surface area (Å²) >= 11 is 0. The normalized spacial score (nSPS) is 18.1. The van der Waals surface area contributed by atoms with Crippen molar-refractivity contribution in [3.05, 3.63) is 23.8 Å². The van der Waals surface area contributed by atoms with Crippen LogP contribution in [0.15, 0.2) is 18.2 Å². The summed E-state index contributed by atoms with van der Waals surface area (Å²) in [6, 6.07) is 3.42. The Morgan fingerprint density at radius 2 is 2.39 bits per heavy atom. The molecule has 0 radical (unpaired) electrons. The van der Waals surface area contributed by atoms with Crippen LogP contribution in [-0.4, -0.2) is 36.3 Å². The molecule has 0 fully saturated rings. The zero-order valence-electron chi connectivity index (χ0n) is 9.80. The molecule has 2 rings (SSSR count). The maximum Gasteiger partial charge on any atom is 0.340 e. The number of phenols is 1. The van der Waals surface area contributed by atoms with Crippen LogP contribution in [0.4, 0.5) is 5.69 Å². The fourth-order valence-corrected chi connectivity index (χ4v) is 1.67. The highest BCUT2D eigenvalue weighted by Gasteiger charge is 2.28. The largest absolute Gasteiger partial charge is 0.508 e. The number of cyclic esters (lactones) is 1. The molecule has 0 aliphatic carbocycles. The van der Waals surface area contributed by atoms with Crippen LogP contribution < -0.4 is 5.32 Å². The predicted octanol–water partition coefficient (Wildman–Crippen LogP) is 0.906. The lowest BCUT2D eigenvalue weighted by atomic mass is 10.1. The van der Waals surface area contributed by atoms with Crippen molar-refractivity contribution in [1.82, 2.24) is 0 Å². The van der Waals surface area contributed by atoms with Crippen LogP contribution >= 0.6 is 0 Å². The van der Waals surface area contributed by atoms with Crippen LogP contribution in [0.25, 0.3) is 0 Å². The lowest BCUT2D eigenvalue weighted by Gasteiger charge is -2.14. The lowest BCUT2D eigenvalue weighted by Crippen LogP contribution is -2.34. The number of fused-ring (bicyclic) bond motifs is 1. The number of anilines is 1. The molecule has 1 aliphatic heterocycles. The molecule has 0 bridgehead atoms. The Morgan fingerprint density at radius 1 is 1.61 bits per heavy atom. The third-order valence-electron chi connectivity index (χ3n) is 2.51. The molecule has 0 spiro atoms. The summed E-state index contributed by atoms with van der Waals surface area (Å²) in [4.78, 5) is 23.3. The third-order valence-corrected chi connectivity index (χ3v) is 2.51. The molecule has 0 saturated carbocycles. The van der Waals surface area contributed by atoms with Gasteiger partial charge in [-0.3, -0.25) is 0 Å². The second kappa shape index (κ2) is 4.95. The van der Waals surface area contributed by atoms with Crippen LogP contribution in [0.5, 0.6) is 5.75 Å². The fraction of sp³-hybridized carbons (Fsp3) is 0.333. The van der Waals surface area contributed by atoms with Gasteiger partial charge in [-0.05, 0) is 19.1 Å². The van der Waals surface area contributed by atoms with E-state index in [-0.39, 0.29) is 24.5 Å². The molecular formula is C12H13NO5. The second-order valence-corrected chi connectivity index (χ2v) is 3.78. The van der Waals surface area contributed by atoms with Crippen LogP contribution in [0.1, 0.15) is 17.3 Å². The number of hydrogen-bond donors (Lipinski definition) is 2. The van der Waals surface area contributed by atoms with Gasteiger partial charge in [0.05, 0.1) is 17.9 Å². The van der Waals surface area contributed by atoms with Gasteiger partial charge in [-0.15, -0.1) is 0 Å². The van der Waals surface area contributed by atoms with Crippen LogP contribution in [-0.2, 0) is 14.3 Å². The summed E-state index contributed by atoms with van der Waals surface area (Å²) in [5, 5.41) is 12.2. The molecule has 1 unspecified atom stereocenters. The Labute approximate surface area is 104 Å². The van der Waals surface area contributed by atoms with Crippen molar-refractivity contribution < 1.29 is 24.2 Å². The first-order chi connectivity index (χ1) is 8.61. The average molecular weight is 251 g/mol. The van der Waals surface area contributed by atoms with Gasteiger partial charge in [-0.25, -0.2) is 9.59 Å². The molecule has 18 heavy (non-hydrogen) atoms. The molecular weight excluding hydrogens is 238 g/mol. The van der Waals surface area contributed by atoms with Gasteiger partial charge in [0.25, 0.3) is 0 Å². The Balaban J connectivity index is 2.28. The zero-order valence-corrected chi connectivity index (χ0v) is 9.80. The van der Waals surface area contributed by atoms with Gasteiger partial charge in [0, 0.05) is 6.07 Å². The maximum atomic E-state index is 11.6. The molecule has 0 amide bonds. The van der Waals surface area contributed by atoms with Crippen molar-refractivity contribution in [2.24, 2.45) is 0 Å². The molecule has 1 atom stereocenters. The smallest absolute Gasteiger partial charge is 0.340 e. The molecule has 1 aliphatic rings. The van der Waals surface area contributed by atoms with Gasteiger partial charge in [0.15, 0.2) is 6.04 Å². The number of ether oxygens (including phenoxy) is 2. The number of benzene rings is 1. The molecule has 0 saturated heterocycles. The van der Waals surface area contributed by atoms with E-state index in [1.165, 1.54) is 18.2 Å². The summed E-state index contributed by atoms with van der Waals surface area (Å²) in [6.07, 6.45) is 0. The van der Waals surface area contributed by atoms with Crippen molar-refractivity contribution >= 4 is 17.6 Å². The highest BCUT2D eigenvalue weighted by atomic mass is 16.6. The van der Waals surface area contributed by atoms with Crippen LogP contribution in [0.2, 0.25) is 0 Å². The molecule has 1 aromatic rings. The lowest BCUT2D eigenvalue weighted by molar-refractivity contribution is -0.144. The van der Waals surface area contributed by atoms with Crippen molar-refractivity contribution in [2.45, 2.75) is 13.0 Å². The van der Waals surface area contributed by atoms with Crippen LogP contribution in [0, 0.1) is 0 Å². The van der Waals surface area contributed by atoms with Crippen LogP contribution in [0.3, 0.4) is 0 Å². The monoisotopic (exact) mass is 251 g/mol. The van der Waals surface area contributed by atoms with E-state index in [0.717, 1.165) is 0 Å². The number of phenolic OH excluding ortho intramolecular Hbond substituents is 1. The zero-order chi connectivity index (χ0) is 13.1. The molecule has 1 aromatic carbocycles. The minimum Gasteiger partial charge on any atom is -0.508 e. The quantitative estimate of drug-likeness (QED) is 0.760. The van der Waals surface area contributed by atoms with Gasteiger partial charge in [0.2, 0.25) is 0 Å². The Kier molecular flexibility index (Phi) is 3.36. The number of nitrogens with one attached hydrogen (secondary N) is 1. The summed E-state index contributed by atoms with van der Waals surface area (Å²) in [7, 11) is 0. The van der Waals surface area contributed by atoms with Crippen molar-refractivity contribution in [2.75, 3.05) is 18.5 Å². The minimum atomic E-state index is -0.767. The molecule has 6 heteroatoms. The Morgan fingerprint density at radius 3 is 3.11 bits per heavy atom. The van der Waals surface area contributed by atoms with E-state index in [4.69, 9.17) is 9.47 Å². The Hall–Kier alpha value is -2.24. The average Bonchev–Trinajstić information content (AvgIpc) is 2.49. The van der Waals surface area contributed by atoms with Gasteiger partial charge < -0.3 is 19.9 Å². The number of carbonyl (C=O) groups is 2. The molecule has 0 aromatic heterocycles. The van der Waals surface area contributed by atoms with Crippen molar-refractivity contribution in [1.29, 1.82) is 0 Å². The van der Waals surface area contributed by atoms with E-state index in [0.29, 0.717) is 5.69 Å². The topological polar surface area (TPSA) is 84.9 Å². The molecule has 1 heterocycles. The molecule has 2 N–H and O–H groups in total. The first-order valence-corrected chi connectivity index (χ1v) is 5.55. The number of carbonyl (C=O) groups excluding carboxylic acids is 2. The molecule has 96 valence electrons. The van der Waals surface area contributed by atoms with E-state index in [1.807, 2.05) is 0 Å². The number of aromatic hydroxyl groups is 1. The Bertz CT molecular complexity index is 485. The van der Waals surface area contributed by atoms with Gasteiger partial charge in [-0.1, -0.05) is 0 Å². The van der Waals surface area contributed by atoms with Crippen molar-refractivity contribution in [3.63, 3.8) is 0 Å². The van der Waals surface area contributed by atoms with E-state index >= 15 is 0 Å². The SMILES string of the molecule is CCOC(=O)C1COC(=O)c2ccc(O)cc2N1. The summed E-state index contributed by atoms with van der Waals surface area (Å²) in [6.45, 7) is 1.84. The first kappa shape index (κ1) is 12.2. The minimum absolute atomic E-state index is 0.00133. The highest BCUT2D eigenvalue weighted by molar-refractivity contribution is 5.98. The summed E-state index contributed by atoms with van der Waals surface area (Å²) < 4.78 is 9.83. The maximum absolute atomic E-state index is 11.6. The molecule has 6 nitrogen and oxygen atoms in total. The van der Waals surface area contributed by atoms with Gasteiger partial charge >= 0.3 is 11.9 Å². The third kappa shape index (κ3) is 2.37.